The Morgan fingerprint density at radius 2 is 1.81 bits per heavy atom. The monoisotopic (exact) mass is 302 g/mol. The van der Waals surface area contributed by atoms with E-state index in [9.17, 15) is 0 Å². The Morgan fingerprint density at radius 3 is 2.43 bits per heavy atom. The maximum absolute atomic E-state index is 4.93. The van der Waals surface area contributed by atoms with Gasteiger partial charge in [-0.05, 0) is 31.4 Å². The van der Waals surface area contributed by atoms with Gasteiger partial charge in [-0.2, -0.15) is 0 Å². The molecule has 0 saturated carbocycles. The smallest absolute Gasteiger partial charge is 0.103 e. The highest BCUT2D eigenvalue weighted by atomic mass is 32.1. The Kier molecular flexibility index (Phi) is 5.95. The molecule has 2 rings (SSSR count). The van der Waals surface area contributed by atoms with Crippen LogP contribution < -0.4 is 5.32 Å². The molecule has 3 heteroatoms. The molecule has 21 heavy (non-hydrogen) atoms. The van der Waals surface area contributed by atoms with Gasteiger partial charge >= 0.3 is 0 Å². The zero-order valence-corrected chi connectivity index (χ0v) is 14.2. The van der Waals surface area contributed by atoms with Gasteiger partial charge in [0.15, 0.2) is 0 Å². The van der Waals surface area contributed by atoms with Gasteiger partial charge in [0, 0.05) is 17.3 Å². The molecule has 0 radical (unpaired) electrons. The van der Waals surface area contributed by atoms with Crippen LogP contribution in [0.4, 0.5) is 0 Å². The van der Waals surface area contributed by atoms with E-state index in [-0.39, 0.29) is 5.41 Å². The van der Waals surface area contributed by atoms with Crippen molar-refractivity contribution < 1.29 is 0 Å². The van der Waals surface area contributed by atoms with Crippen molar-refractivity contribution >= 4 is 11.3 Å². The van der Waals surface area contributed by atoms with Crippen molar-refractivity contribution in [2.45, 2.75) is 52.0 Å². The lowest BCUT2D eigenvalue weighted by Crippen LogP contribution is -2.26. The average Bonchev–Trinajstić information content (AvgIpc) is 3.00. The minimum absolute atomic E-state index is 0.0644. The van der Waals surface area contributed by atoms with Gasteiger partial charge in [0.05, 0.1) is 5.69 Å². The average molecular weight is 302 g/mol. The van der Waals surface area contributed by atoms with Gasteiger partial charge in [-0.1, -0.05) is 51.1 Å². The first kappa shape index (κ1) is 16.2. The molecular formula is C18H26N2S. The predicted molar refractivity (Wildman–Crippen MR) is 91.9 cm³/mol. The van der Waals surface area contributed by atoms with Crippen LogP contribution in [-0.2, 0) is 12.0 Å². The first-order valence-corrected chi connectivity index (χ1v) is 8.86. The van der Waals surface area contributed by atoms with Gasteiger partial charge in [-0.25, -0.2) is 4.98 Å². The molecule has 1 heterocycles. The van der Waals surface area contributed by atoms with Gasteiger partial charge in [-0.3, -0.25) is 0 Å². The van der Waals surface area contributed by atoms with Crippen molar-refractivity contribution in [2.24, 2.45) is 0 Å². The van der Waals surface area contributed by atoms with Crippen LogP contribution in [0, 0.1) is 0 Å². The fourth-order valence-corrected chi connectivity index (χ4v) is 4.03. The third kappa shape index (κ3) is 3.53. The summed E-state index contributed by atoms with van der Waals surface area (Å²) in [6.07, 6.45) is 3.33. The molecule has 1 N–H and O–H groups in total. The summed E-state index contributed by atoms with van der Waals surface area (Å²) >= 11 is 1.81. The lowest BCUT2D eigenvalue weighted by molar-refractivity contribution is 0.474. The second-order valence-corrected chi connectivity index (χ2v) is 6.33. The van der Waals surface area contributed by atoms with Crippen LogP contribution in [0.5, 0.6) is 0 Å². The van der Waals surface area contributed by atoms with E-state index in [1.165, 1.54) is 16.3 Å². The summed E-state index contributed by atoms with van der Waals surface area (Å²) in [5, 5.41) is 6.90. The van der Waals surface area contributed by atoms with E-state index < -0.39 is 0 Å². The van der Waals surface area contributed by atoms with E-state index >= 15 is 0 Å². The Balaban J connectivity index is 2.27. The van der Waals surface area contributed by atoms with Gasteiger partial charge < -0.3 is 5.32 Å². The SMILES string of the molecule is CCCNCc1csc(C(CC)(CC)c2ccccc2)n1. The third-order valence-electron chi connectivity index (χ3n) is 4.23. The Hall–Kier alpha value is -1.19. The molecule has 0 amide bonds. The molecule has 0 aliphatic heterocycles. The molecule has 1 aromatic carbocycles. The first-order valence-electron chi connectivity index (χ1n) is 7.98. The summed E-state index contributed by atoms with van der Waals surface area (Å²) in [6.45, 7) is 8.66. The third-order valence-corrected chi connectivity index (χ3v) is 5.32. The van der Waals surface area contributed by atoms with Crippen molar-refractivity contribution in [2.75, 3.05) is 6.54 Å². The lowest BCUT2D eigenvalue weighted by atomic mass is 9.76. The number of nitrogens with zero attached hydrogens (tertiary/aromatic N) is 1. The molecule has 0 aliphatic rings. The van der Waals surface area contributed by atoms with Crippen LogP contribution >= 0.6 is 11.3 Å². The van der Waals surface area contributed by atoms with Crippen LogP contribution in [0.1, 0.15) is 56.3 Å². The second-order valence-electron chi connectivity index (χ2n) is 5.48. The molecule has 0 atom stereocenters. The zero-order valence-electron chi connectivity index (χ0n) is 13.4. The standard InChI is InChI=1S/C18H26N2S/c1-4-12-19-13-16-14-21-17(20-16)18(5-2,6-3)15-10-8-7-9-11-15/h7-11,14,19H,4-6,12-13H2,1-3H3. The highest BCUT2D eigenvalue weighted by Gasteiger charge is 2.33. The fraction of sp³-hybridized carbons (Fsp3) is 0.500. The van der Waals surface area contributed by atoms with Crippen molar-refractivity contribution in [1.29, 1.82) is 0 Å². The summed E-state index contributed by atoms with van der Waals surface area (Å²) in [5.41, 5.74) is 2.62. The van der Waals surface area contributed by atoms with Crippen LogP contribution in [0.25, 0.3) is 0 Å². The predicted octanol–water partition coefficient (Wildman–Crippen LogP) is 4.75. The van der Waals surface area contributed by atoms with Crippen molar-refractivity contribution in [3.63, 3.8) is 0 Å². The minimum Gasteiger partial charge on any atom is -0.311 e. The van der Waals surface area contributed by atoms with E-state index in [4.69, 9.17) is 4.98 Å². The number of hydrogen-bond donors (Lipinski definition) is 1. The van der Waals surface area contributed by atoms with Crippen molar-refractivity contribution in [3.05, 3.63) is 52.0 Å². The van der Waals surface area contributed by atoms with E-state index in [2.05, 4.69) is 61.8 Å². The molecule has 2 nitrogen and oxygen atoms in total. The Labute approximate surface area is 132 Å². The second kappa shape index (κ2) is 7.71. The van der Waals surface area contributed by atoms with E-state index in [0.29, 0.717) is 0 Å². The van der Waals surface area contributed by atoms with Crippen LogP contribution in [-0.4, -0.2) is 11.5 Å². The van der Waals surface area contributed by atoms with E-state index in [1.807, 2.05) is 11.3 Å². The molecule has 0 bridgehead atoms. The quantitative estimate of drug-likeness (QED) is 0.712. The number of rotatable bonds is 8. The molecule has 114 valence electrons. The summed E-state index contributed by atoms with van der Waals surface area (Å²) in [4.78, 5) is 4.93. The fourth-order valence-electron chi connectivity index (χ4n) is 2.84. The molecule has 2 aromatic rings. The molecule has 0 spiro atoms. The highest BCUT2D eigenvalue weighted by Crippen LogP contribution is 2.40. The topological polar surface area (TPSA) is 24.9 Å². The van der Waals surface area contributed by atoms with Gasteiger partial charge in [0.2, 0.25) is 0 Å². The molecule has 0 fully saturated rings. The van der Waals surface area contributed by atoms with Crippen LogP contribution in [0.3, 0.4) is 0 Å². The van der Waals surface area contributed by atoms with Crippen LogP contribution in [0.15, 0.2) is 35.7 Å². The van der Waals surface area contributed by atoms with E-state index in [1.54, 1.807) is 0 Å². The molecule has 0 unspecified atom stereocenters. The summed E-state index contributed by atoms with van der Waals surface area (Å²) in [7, 11) is 0. The molecule has 0 saturated heterocycles. The van der Waals surface area contributed by atoms with Crippen LogP contribution in [0.2, 0.25) is 0 Å². The number of thiazole rings is 1. The highest BCUT2D eigenvalue weighted by molar-refractivity contribution is 7.09. The maximum atomic E-state index is 4.93. The minimum atomic E-state index is 0.0644. The molecule has 0 aliphatic carbocycles. The first-order chi connectivity index (χ1) is 10.3. The number of hydrogen-bond acceptors (Lipinski definition) is 3. The summed E-state index contributed by atoms with van der Waals surface area (Å²) in [5.74, 6) is 0. The number of nitrogens with one attached hydrogen (secondary N) is 1. The number of benzene rings is 1. The van der Waals surface area contributed by atoms with E-state index in [0.717, 1.165) is 32.4 Å². The molecular weight excluding hydrogens is 276 g/mol. The van der Waals surface area contributed by atoms with Gasteiger partial charge in [0.1, 0.15) is 5.01 Å². The maximum Gasteiger partial charge on any atom is 0.103 e. The largest absolute Gasteiger partial charge is 0.311 e. The van der Waals surface area contributed by atoms with Gasteiger partial charge in [-0.15, -0.1) is 11.3 Å². The normalized spacial score (nSPS) is 11.8. The Morgan fingerprint density at radius 1 is 1.10 bits per heavy atom. The lowest BCUT2D eigenvalue weighted by Gasteiger charge is -2.30. The van der Waals surface area contributed by atoms with Crippen molar-refractivity contribution in [1.82, 2.24) is 10.3 Å². The van der Waals surface area contributed by atoms with Crippen molar-refractivity contribution in [3.8, 4) is 0 Å². The van der Waals surface area contributed by atoms with Gasteiger partial charge in [0.25, 0.3) is 0 Å². The Bertz CT molecular complexity index is 529. The zero-order chi connectivity index (χ0) is 15.1. The number of aromatic nitrogens is 1. The molecule has 1 aromatic heterocycles. The summed E-state index contributed by atoms with van der Waals surface area (Å²) in [6, 6.07) is 10.8. The summed E-state index contributed by atoms with van der Waals surface area (Å²) < 4.78 is 0.